The molecular formula is C19H22N2O3. The van der Waals surface area contributed by atoms with Gasteiger partial charge in [0.05, 0.1) is 0 Å². The van der Waals surface area contributed by atoms with Crippen molar-refractivity contribution < 1.29 is 14.7 Å². The summed E-state index contributed by atoms with van der Waals surface area (Å²) in [6.45, 7) is 1.40. The molecule has 5 nitrogen and oxygen atoms in total. The molecule has 2 heterocycles. The molecule has 1 aliphatic heterocycles. The van der Waals surface area contributed by atoms with Gasteiger partial charge in [-0.2, -0.15) is 0 Å². The molecule has 1 aromatic heterocycles. The number of rotatable bonds is 5. The number of aliphatic carboxylic acids is 1. The van der Waals surface area contributed by atoms with Gasteiger partial charge in [0, 0.05) is 43.2 Å². The van der Waals surface area contributed by atoms with Crippen molar-refractivity contribution in [3.63, 3.8) is 0 Å². The monoisotopic (exact) mass is 326 g/mol. The molecule has 1 fully saturated rings. The van der Waals surface area contributed by atoms with E-state index in [1.165, 1.54) is 0 Å². The highest BCUT2D eigenvalue weighted by molar-refractivity contribution is 5.94. The maximum absolute atomic E-state index is 12.8. The fourth-order valence-corrected chi connectivity index (χ4v) is 3.30. The zero-order valence-corrected chi connectivity index (χ0v) is 13.6. The van der Waals surface area contributed by atoms with E-state index in [1.54, 1.807) is 0 Å². The topological polar surface area (TPSA) is 62.5 Å². The van der Waals surface area contributed by atoms with Crippen molar-refractivity contribution in [1.29, 1.82) is 0 Å². The van der Waals surface area contributed by atoms with Gasteiger partial charge in [0.2, 0.25) is 0 Å². The maximum Gasteiger partial charge on any atom is 0.303 e. The zero-order valence-electron chi connectivity index (χ0n) is 13.6. The summed E-state index contributed by atoms with van der Waals surface area (Å²) in [7, 11) is 0. The van der Waals surface area contributed by atoms with E-state index >= 15 is 0 Å². The first-order valence-corrected chi connectivity index (χ1v) is 8.38. The van der Waals surface area contributed by atoms with Gasteiger partial charge in [0.25, 0.3) is 5.91 Å². The molecule has 5 heteroatoms. The van der Waals surface area contributed by atoms with Crippen LogP contribution in [0.1, 0.15) is 36.0 Å². The third kappa shape index (κ3) is 3.85. The molecule has 0 bridgehead atoms. The number of piperidine rings is 1. The molecule has 1 N–H and O–H groups in total. The average Bonchev–Trinajstić information content (AvgIpc) is 3.14. The molecule has 1 saturated heterocycles. The first kappa shape index (κ1) is 16.3. The van der Waals surface area contributed by atoms with Crippen LogP contribution >= 0.6 is 0 Å². The van der Waals surface area contributed by atoms with Crippen LogP contribution in [-0.2, 0) is 4.79 Å². The molecule has 1 aromatic carbocycles. The van der Waals surface area contributed by atoms with Gasteiger partial charge >= 0.3 is 5.97 Å². The Balaban J connectivity index is 1.69. The zero-order chi connectivity index (χ0) is 16.9. The normalized spacial score (nSPS) is 17.7. The van der Waals surface area contributed by atoms with E-state index < -0.39 is 5.97 Å². The molecule has 24 heavy (non-hydrogen) atoms. The lowest BCUT2D eigenvalue weighted by molar-refractivity contribution is -0.137. The molecule has 1 amide bonds. The molecule has 0 aliphatic carbocycles. The maximum atomic E-state index is 12.8. The molecule has 3 rings (SSSR count). The van der Waals surface area contributed by atoms with E-state index in [-0.39, 0.29) is 18.2 Å². The van der Waals surface area contributed by atoms with Gasteiger partial charge in [0.15, 0.2) is 0 Å². The molecule has 0 spiro atoms. The van der Waals surface area contributed by atoms with E-state index in [4.69, 9.17) is 5.11 Å². The first-order valence-electron chi connectivity index (χ1n) is 8.38. The lowest BCUT2D eigenvalue weighted by atomic mass is 9.93. The number of aromatic nitrogens is 1. The minimum Gasteiger partial charge on any atom is -0.481 e. The minimum absolute atomic E-state index is 0.0315. The third-order valence-electron chi connectivity index (χ3n) is 4.57. The van der Waals surface area contributed by atoms with E-state index in [2.05, 4.69) is 0 Å². The second-order valence-corrected chi connectivity index (χ2v) is 6.33. The average molecular weight is 326 g/mol. The van der Waals surface area contributed by atoms with Crippen LogP contribution in [0.2, 0.25) is 0 Å². The summed E-state index contributed by atoms with van der Waals surface area (Å²) in [5.74, 6) is -0.451. The number of hydrogen-bond donors (Lipinski definition) is 1. The Labute approximate surface area is 141 Å². The number of hydrogen-bond acceptors (Lipinski definition) is 2. The summed E-state index contributed by atoms with van der Waals surface area (Å²) < 4.78 is 1.97. The molecule has 0 radical (unpaired) electrons. The van der Waals surface area contributed by atoms with Crippen LogP contribution in [0.4, 0.5) is 0 Å². The third-order valence-corrected chi connectivity index (χ3v) is 4.57. The molecule has 2 aromatic rings. The smallest absolute Gasteiger partial charge is 0.303 e. The van der Waals surface area contributed by atoms with Gasteiger partial charge in [0.1, 0.15) is 0 Å². The van der Waals surface area contributed by atoms with E-state index in [1.807, 2.05) is 58.3 Å². The van der Waals surface area contributed by atoms with Gasteiger partial charge in [-0.25, -0.2) is 0 Å². The lowest BCUT2D eigenvalue weighted by Crippen LogP contribution is -2.40. The number of nitrogens with zero attached hydrogens (tertiary/aromatic N) is 2. The quantitative estimate of drug-likeness (QED) is 0.918. The highest BCUT2D eigenvalue weighted by Gasteiger charge is 2.25. The van der Waals surface area contributed by atoms with Crippen LogP contribution in [0.25, 0.3) is 5.69 Å². The predicted octanol–water partition coefficient (Wildman–Crippen LogP) is 3.19. The highest BCUT2D eigenvalue weighted by atomic mass is 16.4. The number of carbonyl (C=O) groups is 2. The summed E-state index contributed by atoms with van der Waals surface area (Å²) in [4.78, 5) is 25.4. The van der Waals surface area contributed by atoms with Crippen LogP contribution in [-0.4, -0.2) is 39.5 Å². The van der Waals surface area contributed by atoms with E-state index in [9.17, 15) is 9.59 Å². The fourth-order valence-electron chi connectivity index (χ4n) is 3.30. The van der Waals surface area contributed by atoms with Gasteiger partial charge in [-0.3, -0.25) is 9.59 Å². The molecule has 1 atom stereocenters. The highest BCUT2D eigenvalue weighted by Crippen LogP contribution is 2.23. The van der Waals surface area contributed by atoms with Crippen LogP contribution in [0.5, 0.6) is 0 Å². The number of likely N-dealkylation sites (tertiary alicyclic amines) is 1. The minimum atomic E-state index is -0.766. The Hall–Kier alpha value is -2.56. The van der Waals surface area contributed by atoms with Crippen molar-refractivity contribution in [3.8, 4) is 5.69 Å². The number of amides is 1. The summed E-state index contributed by atoms with van der Waals surface area (Å²) in [5.41, 5.74) is 1.64. The standard InChI is InChI=1S/C19H22N2O3/c22-18(23)9-8-15-5-4-12-21(14-15)19(24)16-6-3-7-17(13-16)20-10-1-2-11-20/h1-3,6-7,10-11,13,15H,4-5,8-9,12,14H2,(H,22,23). The van der Waals surface area contributed by atoms with Crippen LogP contribution < -0.4 is 0 Å². The first-order chi connectivity index (χ1) is 11.6. The van der Waals surface area contributed by atoms with Crippen molar-refractivity contribution in [2.75, 3.05) is 13.1 Å². The Bertz CT molecular complexity index is 709. The molecule has 1 unspecified atom stereocenters. The second-order valence-electron chi connectivity index (χ2n) is 6.33. The Morgan fingerprint density at radius 2 is 1.96 bits per heavy atom. The lowest BCUT2D eigenvalue weighted by Gasteiger charge is -2.32. The predicted molar refractivity (Wildman–Crippen MR) is 91.3 cm³/mol. The largest absolute Gasteiger partial charge is 0.481 e. The van der Waals surface area contributed by atoms with E-state index in [0.717, 1.165) is 25.1 Å². The van der Waals surface area contributed by atoms with Crippen molar-refractivity contribution in [2.45, 2.75) is 25.7 Å². The summed E-state index contributed by atoms with van der Waals surface area (Å²) in [6.07, 6.45) is 6.66. The van der Waals surface area contributed by atoms with Crippen molar-refractivity contribution >= 4 is 11.9 Å². The number of carboxylic acids is 1. The summed E-state index contributed by atoms with van der Waals surface area (Å²) in [5, 5.41) is 8.84. The van der Waals surface area contributed by atoms with Crippen molar-refractivity contribution in [1.82, 2.24) is 9.47 Å². The number of carbonyl (C=O) groups excluding carboxylic acids is 1. The number of benzene rings is 1. The molecular weight excluding hydrogens is 304 g/mol. The van der Waals surface area contributed by atoms with Gasteiger partial charge < -0.3 is 14.6 Å². The summed E-state index contributed by atoms with van der Waals surface area (Å²) >= 11 is 0. The van der Waals surface area contributed by atoms with Crippen molar-refractivity contribution in [3.05, 3.63) is 54.4 Å². The number of carboxylic acid groups (broad SMARTS) is 1. The van der Waals surface area contributed by atoms with E-state index in [0.29, 0.717) is 18.5 Å². The summed E-state index contributed by atoms with van der Waals surface area (Å²) in [6, 6.07) is 11.5. The SMILES string of the molecule is O=C(O)CCC1CCCN(C(=O)c2cccc(-n3cccc3)c2)C1. The van der Waals surface area contributed by atoms with Gasteiger partial charge in [-0.15, -0.1) is 0 Å². The van der Waals surface area contributed by atoms with Crippen molar-refractivity contribution in [2.24, 2.45) is 5.92 Å². The fraction of sp³-hybridized carbons (Fsp3) is 0.368. The Morgan fingerprint density at radius 3 is 2.71 bits per heavy atom. The van der Waals surface area contributed by atoms with Crippen LogP contribution in [0.15, 0.2) is 48.8 Å². The van der Waals surface area contributed by atoms with Crippen LogP contribution in [0, 0.1) is 5.92 Å². The Morgan fingerprint density at radius 1 is 1.17 bits per heavy atom. The molecule has 1 aliphatic rings. The molecule has 0 saturated carbocycles. The molecule has 126 valence electrons. The van der Waals surface area contributed by atoms with Gasteiger partial charge in [-0.05, 0) is 55.5 Å². The van der Waals surface area contributed by atoms with Gasteiger partial charge in [-0.1, -0.05) is 6.07 Å². The second kappa shape index (κ2) is 7.34. The van der Waals surface area contributed by atoms with Crippen LogP contribution in [0.3, 0.4) is 0 Å². The Kier molecular flexibility index (Phi) is 4.99.